The Morgan fingerprint density at radius 1 is 1.20 bits per heavy atom. The zero-order valence-corrected chi connectivity index (χ0v) is 9.54. The lowest BCUT2D eigenvalue weighted by Crippen LogP contribution is -2.32. The predicted octanol–water partition coefficient (Wildman–Crippen LogP) is 0.338. The molecule has 1 N–H and O–H groups in total. The molecule has 88 valence electrons. The lowest BCUT2D eigenvalue weighted by atomic mass is 10.2. The first-order valence-corrected chi connectivity index (χ1v) is 5.14. The van der Waals surface area contributed by atoms with Gasteiger partial charge in [0.25, 0.3) is 0 Å². The van der Waals surface area contributed by atoms with Crippen LogP contribution in [0.2, 0.25) is 0 Å². The van der Waals surface area contributed by atoms with Crippen molar-refractivity contribution in [1.82, 2.24) is 5.32 Å². The van der Waals surface area contributed by atoms with Gasteiger partial charge in [0, 0.05) is 6.54 Å². The molecule has 0 radical (unpaired) electrons. The minimum Gasteiger partial charge on any atom is -0.466 e. The van der Waals surface area contributed by atoms with E-state index in [0.29, 0.717) is 19.8 Å². The summed E-state index contributed by atoms with van der Waals surface area (Å²) in [6, 6.07) is 0. The van der Waals surface area contributed by atoms with Crippen molar-refractivity contribution >= 4 is 11.9 Å². The first kappa shape index (κ1) is 13.9. The molecular formula is C10H19NO4. The summed E-state index contributed by atoms with van der Waals surface area (Å²) in [5.74, 6) is -0.818. The van der Waals surface area contributed by atoms with Crippen LogP contribution in [0.3, 0.4) is 0 Å². The first-order valence-electron chi connectivity index (χ1n) is 5.14. The summed E-state index contributed by atoms with van der Waals surface area (Å²) in [6.45, 7) is 6.54. The third kappa shape index (κ3) is 6.90. The second-order valence-electron chi connectivity index (χ2n) is 3.09. The molecule has 0 saturated heterocycles. The van der Waals surface area contributed by atoms with Crippen LogP contribution in [0.1, 0.15) is 20.8 Å². The van der Waals surface area contributed by atoms with Crippen molar-refractivity contribution in [2.45, 2.75) is 20.8 Å². The predicted molar refractivity (Wildman–Crippen MR) is 55.3 cm³/mol. The van der Waals surface area contributed by atoms with Gasteiger partial charge in [0.1, 0.15) is 0 Å². The monoisotopic (exact) mass is 217 g/mol. The Balaban J connectivity index is 3.58. The fourth-order valence-corrected chi connectivity index (χ4v) is 0.971. The summed E-state index contributed by atoms with van der Waals surface area (Å²) < 4.78 is 9.53. The van der Waals surface area contributed by atoms with Crippen molar-refractivity contribution < 1.29 is 19.1 Å². The molecule has 0 aliphatic rings. The van der Waals surface area contributed by atoms with E-state index >= 15 is 0 Å². The summed E-state index contributed by atoms with van der Waals surface area (Å²) in [5, 5.41) is 2.83. The quantitative estimate of drug-likeness (QED) is 0.623. The van der Waals surface area contributed by atoms with Crippen LogP contribution in [0.5, 0.6) is 0 Å². The fraction of sp³-hybridized carbons (Fsp3) is 0.800. The van der Waals surface area contributed by atoms with Crippen LogP contribution >= 0.6 is 0 Å². The smallest absolute Gasteiger partial charge is 0.319 e. The van der Waals surface area contributed by atoms with Crippen LogP contribution in [0, 0.1) is 5.92 Å². The highest BCUT2D eigenvalue weighted by atomic mass is 16.5. The summed E-state index contributed by atoms with van der Waals surface area (Å²) in [5.41, 5.74) is 0. The van der Waals surface area contributed by atoms with Crippen molar-refractivity contribution in [2.24, 2.45) is 5.92 Å². The molecule has 15 heavy (non-hydrogen) atoms. The summed E-state index contributed by atoms with van der Waals surface area (Å²) in [6.07, 6.45) is 0. The van der Waals surface area contributed by atoms with Crippen molar-refractivity contribution in [2.75, 3.05) is 26.3 Å². The Hall–Kier alpha value is -1.10. The van der Waals surface area contributed by atoms with Crippen molar-refractivity contribution in [1.29, 1.82) is 0 Å². The van der Waals surface area contributed by atoms with Crippen molar-refractivity contribution in [3.63, 3.8) is 0 Å². The molecule has 5 heteroatoms. The molecule has 0 aromatic carbocycles. The molecule has 0 saturated carbocycles. The minimum absolute atomic E-state index is 0.123. The number of nitrogens with one attached hydrogen (secondary N) is 1. The highest BCUT2D eigenvalue weighted by molar-refractivity contribution is 5.73. The summed E-state index contributed by atoms with van der Waals surface area (Å²) in [7, 11) is 0. The van der Waals surface area contributed by atoms with E-state index in [0.717, 1.165) is 0 Å². The van der Waals surface area contributed by atoms with E-state index in [2.05, 4.69) is 5.32 Å². The van der Waals surface area contributed by atoms with E-state index in [1.54, 1.807) is 20.8 Å². The van der Waals surface area contributed by atoms with E-state index in [-0.39, 0.29) is 24.4 Å². The number of ether oxygens (including phenoxy) is 2. The molecule has 0 aromatic rings. The molecule has 1 atom stereocenters. The van der Waals surface area contributed by atoms with Gasteiger partial charge in [0.2, 0.25) is 0 Å². The SMILES string of the molecule is CCOC(=O)CNCC(C)C(=O)OCC. The maximum Gasteiger partial charge on any atom is 0.319 e. The molecule has 0 spiro atoms. The third-order valence-corrected chi connectivity index (χ3v) is 1.71. The Morgan fingerprint density at radius 3 is 2.33 bits per heavy atom. The number of hydrogen-bond donors (Lipinski definition) is 1. The molecule has 0 bridgehead atoms. The molecule has 0 aliphatic heterocycles. The van der Waals surface area contributed by atoms with Crippen molar-refractivity contribution in [3.05, 3.63) is 0 Å². The van der Waals surface area contributed by atoms with Gasteiger partial charge in [-0.15, -0.1) is 0 Å². The van der Waals surface area contributed by atoms with E-state index in [1.807, 2.05) is 0 Å². The van der Waals surface area contributed by atoms with Crippen LogP contribution in [-0.2, 0) is 19.1 Å². The van der Waals surface area contributed by atoms with E-state index < -0.39 is 0 Å². The second kappa shape index (κ2) is 8.23. The number of esters is 2. The van der Waals surface area contributed by atoms with E-state index in [9.17, 15) is 9.59 Å². The maximum absolute atomic E-state index is 11.2. The lowest BCUT2D eigenvalue weighted by Gasteiger charge is -2.10. The van der Waals surface area contributed by atoms with Crippen LogP contribution in [0.15, 0.2) is 0 Å². The number of hydrogen-bond acceptors (Lipinski definition) is 5. The number of carbonyl (C=O) groups is 2. The van der Waals surface area contributed by atoms with Gasteiger partial charge in [0.15, 0.2) is 0 Å². The molecule has 5 nitrogen and oxygen atoms in total. The van der Waals surface area contributed by atoms with Crippen LogP contribution in [0.4, 0.5) is 0 Å². The Bertz CT molecular complexity index is 206. The van der Waals surface area contributed by atoms with Gasteiger partial charge in [-0.05, 0) is 13.8 Å². The lowest BCUT2D eigenvalue weighted by molar-refractivity contribution is -0.148. The maximum atomic E-state index is 11.2. The standard InChI is InChI=1S/C10H19NO4/c1-4-14-9(12)7-11-6-8(3)10(13)15-5-2/h8,11H,4-7H2,1-3H3. The van der Waals surface area contributed by atoms with Gasteiger partial charge in [-0.25, -0.2) is 0 Å². The third-order valence-electron chi connectivity index (χ3n) is 1.71. The Labute approximate surface area is 90.1 Å². The van der Waals surface area contributed by atoms with Crippen molar-refractivity contribution in [3.8, 4) is 0 Å². The van der Waals surface area contributed by atoms with E-state index in [1.165, 1.54) is 0 Å². The van der Waals surface area contributed by atoms with Gasteiger partial charge in [-0.1, -0.05) is 6.92 Å². The average Bonchev–Trinajstić information content (AvgIpc) is 2.18. The molecule has 0 fully saturated rings. The molecule has 0 amide bonds. The molecule has 0 aliphatic carbocycles. The first-order chi connectivity index (χ1) is 7.11. The van der Waals surface area contributed by atoms with E-state index in [4.69, 9.17) is 9.47 Å². The molecule has 0 aromatic heterocycles. The Morgan fingerprint density at radius 2 is 1.80 bits per heavy atom. The van der Waals surface area contributed by atoms with Gasteiger partial charge >= 0.3 is 11.9 Å². The molecule has 1 unspecified atom stereocenters. The topological polar surface area (TPSA) is 64.6 Å². The van der Waals surface area contributed by atoms with Gasteiger partial charge in [0.05, 0.1) is 25.7 Å². The summed E-state index contributed by atoms with van der Waals surface area (Å²) >= 11 is 0. The largest absolute Gasteiger partial charge is 0.466 e. The normalized spacial score (nSPS) is 11.9. The van der Waals surface area contributed by atoms with Gasteiger partial charge in [-0.2, -0.15) is 0 Å². The number of carbonyl (C=O) groups excluding carboxylic acids is 2. The van der Waals surface area contributed by atoms with Crippen LogP contribution in [0.25, 0.3) is 0 Å². The second-order valence-corrected chi connectivity index (χ2v) is 3.09. The Kier molecular flexibility index (Phi) is 7.62. The van der Waals surface area contributed by atoms with Gasteiger partial charge < -0.3 is 14.8 Å². The molecule has 0 heterocycles. The average molecular weight is 217 g/mol. The van der Waals surface area contributed by atoms with Crippen LogP contribution < -0.4 is 5.32 Å². The summed E-state index contributed by atoms with van der Waals surface area (Å²) in [4.78, 5) is 22.1. The van der Waals surface area contributed by atoms with Gasteiger partial charge in [-0.3, -0.25) is 9.59 Å². The zero-order chi connectivity index (χ0) is 11.7. The zero-order valence-electron chi connectivity index (χ0n) is 9.54. The minimum atomic E-state index is -0.312. The van der Waals surface area contributed by atoms with Crippen LogP contribution in [-0.4, -0.2) is 38.2 Å². The molecular weight excluding hydrogens is 198 g/mol. The highest BCUT2D eigenvalue weighted by Crippen LogP contribution is 1.96. The number of rotatable bonds is 7. The fourth-order valence-electron chi connectivity index (χ4n) is 0.971. The molecule has 0 rings (SSSR count). The highest BCUT2D eigenvalue weighted by Gasteiger charge is 2.13.